The zero-order valence-electron chi connectivity index (χ0n) is 13.8. The molecule has 2 heterocycles. The Morgan fingerprint density at radius 1 is 1.41 bits per heavy atom. The molecule has 1 aromatic rings. The molecule has 1 aliphatic carbocycles. The van der Waals surface area contributed by atoms with Gasteiger partial charge < -0.3 is 10.1 Å². The molecule has 6 heteroatoms. The van der Waals surface area contributed by atoms with Crippen molar-refractivity contribution in [3.63, 3.8) is 0 Å². The van der Waals surface area contributed by atoms with Crippen LogP contribution in [0.3, 0.4) is 0 Å². The predicted molar refractivity (Wildman–Crippen MR) is 83.8 cm³/mol. The standard InChI is InChI=1S/C16H26N4O2/c1-11-15(16(22-3)19(2)18-11)13-5-4-8-20(13)10-14(21)17-9-12-6-7-12/h12-13H,4-10H2,1-3H3,(H,17,21)/t13-/m0/s1. The minimum Gasteiger partial charge on any atom is -0.481 e. The van der Waals surface area contributed by atoms with Crippen molar-refractivity contribution < 1.29 is 9.53 Å². The third kappa shape index (κ3) is 3.11. The Morgan fingerprint density at radius 3 is 2.86 bits per heavy atom. The average molecular weight is 306 g/mol. The molecule has 2 fully saturated rings. The molecule has 1 amide bonds. The van der Waals surface area contributed by atoms with E-state index in [2.05, 4.69) is 15.3 Å². The number of carbonyl (C=O) groups excluding carboxylic acids is 1. The molecular formula is C16H26N4O2. The minimum absolute atomic E-state index is 0.138. The number of hydrogen-bond donors (Lipinski definition) is 1. The first-order valence-electron chi connectivity index (χ1n) is 8.18. The summed E-state index contributed by atoms with van der Waals surface area (Å²) in [5, 5.41) is 7.53. The number of aryl methyl sites for hydroxylation is 2. The van der Waals surface area contributed by atoms with Crippen molar-refractivity contribution in [2.24, 2.45) is 13.0 Å². The highest BCUT2D eigenvalue weighted by Gasteiger charge is 2.33. The quantitative estimate of drug-likeness (QED) is 0.863. The van der Waals surface area contributed by atoms with Crippen molar-refractivity contribution >= 4 is 5.91 Å². The Kier molecular flexibility index (Phi) is 4.38. The molecule has 1 saturated heterocycles. The molecule has 2 aliphatic rings. The number of ether oxygens (including phenoxy) is 1. The van der Waals surface area contributed by atoms with Gasteiger partial charge in [0.15, 0.2) is 0 Å². The maximum Gasteiger partial charge on any atom is 0.234 e. The van der Waals surface area contributed by atoms with Crippen molar-refractivity contribution in [1.82, 2.24) is 20.0 Å². The van der Waals surface area contributed by atoms with E-state index in [1.165, 1.54) is 12.8 Å². The van der Waals surface area contributed by atoms with Gasteiger partial charge in [-0.3, -0.25) is 9.69 Å². The van der Waals surface area contributed by atoms with Crippen LogP contribution in [0.2, 0.25) is 0 Å². The molecule has 122 valence electrons. The lowest BCUT2D eigenvalue weighted by molar-refractivity contribution is -0.122. The molecular weight excluding hydrogens is 280 g/mol. The van der Waals surface area contributed by atoms with Crippen molar-refractivity contribution in [2.45, 2.75) is 38.6 Å². The summed E-state index contributed by atoms with van der Waals surface area (Å²) < 4.78 is 7.31. The van der Waals surface area contributed by atoms with Gasteiger partial charge in [-0.15, -0.1) is 0 Å². The highest BCUT2D eigenvalue weighted by molar-refractivity contribution is 5.78. The van der Waals surface area contributed by atoms with Gasteiger partial charge in [0.25, 0.3) is 0 Å². The Morgan fingerprint density at radius 2 is 2.18 bits per heavy atom. The molecule has 0 unspecified atom stereocenters. The Bertz CT molecular complexity index is 551. The second-order valence-corrected chi connectivity index (χ2v) is 6.51. The number of carbonyl (C=O) groups is 1. The lowest BCUT2D eigenvalue weighted by Gasteiger charge is -2.24. The fourth-order valence-corrected chi connectivity index (χ4v) is 3.44. The molecule has 1 aliphatic heterocycles. The molecule has 0 aromatic carbocycles. The van der Waals surface area contributed by atoms with Gasteiger partial charge in [0, 0.05) is 19.6 Å². The summed E-state index contributed by atoms with van der Waals surface area (Å²) in [7, 11) is 3.58. The van der Waals surface area contributed by atoms with E-state index in [-0.39, 0.29) is 11.9 Å². The Hall–Kier alpha value is -1.56. The van der Waals surface area contributed by atoms with Crippen LogP contribution >= 0.6 is 0 Å². The van der Waals surface area contributed by atoms with Crippen LogP contribution < -0.4 is 10.1 Å². The van der Waals surface area contributed by atoms with E-state index in [0.29, 0.717) is 6.54 Å². The van der Waals surface area contributed by atoms with Crippen LogP contribution in [0.4, 0.5) is 0 Å². The number of likely N-dealkylation sites (tertiary alicyclic amines) is 1. The second-order valence-electron chi connectivity index (χ2n) is 6.51. The molecule has 0 spiro atoms. The van der Waals surface area contributed by atoms with Crippen molar-refractivity contribution in [3.05, 3.63) is 11.3 Å². The van der Waals surface area contributed by atoms with Gasteiger partial charge >= 0.3 is 0 Å². The fourth-order valence-electron chi connectivity index (χ4n) is 3.44. The fraction of sp³-hybridized carbons (Fsp3) is 0.750. The number of nitrogens with one attached hydrogen (secondary N) is 1. The van der Waals surface area contributed by atoms with Crippen LogP contribution in [-0.4, -0.2) is 47.3 Å². The molecule has 1 N–H and O–H groups in total. The van der Waals surface area contributed by atoms with Gasteiger partial charge in [0.1, 0.15) is 0 Å². The average Bonchev–Trinajstić information content (AvgIpc) is 3.14. The zero-order chi connectivity index (χ0) is 15.7. The van der Waals surface area contributed by atoms with Crippen molar-refractivity contribution in [1.29, 1.82) is 0 Å². The van der Waals surface area contributed by atoms with Gasteiger partial charge in [-0.05, 0) is 45.1 Å². The maximum absolute atomic E-state index is 12.1. The third-order valence-electron chi connectivity index (χ3n) is 4.74. The first kappa shape index (κ1) is 15.3. The van der Waals surface area contributed by atoms with Crippen LogP contribution in [0.5, 0.6) is 5.88 Å². The molecule has 0 bridgehead atoms. The lowest BCUT2D eigenvalue weighted by Crippen LogP contribution is -2.37. The van der Waals surface area contributed by atoms with E-state index in [1.807, 2.05) is 14.0 Å². The van der Waals surface area contributed by atoms with Crippen LogP contribution in [-0.2, 0) is 11.8 Å². The number of nitrogens with zero attached hydrogens (tertiary/aromatic N) is 3. The first-order valence-corrected chi connectivity index (χ1v) is 8.18. The van der Waals surface area contributed by atoms with Crippen molar-refractivity contribution in [2.75, 3.05) is 26.7 Å². The van der Waals surface area contributed by atoms with E-state index in [1.54, 1.807) is 11.8 Å². The van der Waals surface area contributed by atoms with Crippen LogP contribution in [0.15, 0.2) is 0 Å². The van der Waals surface area contributed by atoms with E-state index >= 15 is 0 Å². The summed E-state index contributed by atoms with van der Waals surface area (Å²) in [5.74, 6) is 1.67. The largest absolute Gasteiger partial charge is 0.481 e. The molecule has 1 aromatic heterocycles. The molecule has 6 nitrogen and oxygen atoms in total. The first-order chi connectivity index (χ1) is 10.6. The molecule has 3 rings (SSSR count). The number of rotatable bonds is 6. The van der Waals surface area contributed by atoms with Gasteiger partial charge in [-0.2, -0.15) is 5.10 Å². The summed E-state index contributed by atoms with van der Waals surface area (Å²) in [6.07, 6.45) is 4.69. The molecule has 1 atom stereocenters. The summed E-state index contributed by atoms with van der Waals surface area (Å²) in [6.45, 7) is 4.28. The summed E-state index contributed by atoms with van der Waals surface area (Å²) >= 11 is 0. The Balaban J connectivity index is 1.68. The van der Waals surface area contributed by atoms with E-state index < -0.39 is 0 Å². The number of amides is 1. The summed E-state index contributed by atoms with van der Waals surface area (Å²) in [4.78, 5) is 14.4. The predicted octanol–water partition coefficient (Wildman–Crippen LogP) is 1.40. The van der Waals surface area contributed by atoms with Gasteiger partial charge in [-0.25, -0.2) is 4.68 Å². The van der Waals surface area contributed by atoms with Gasteiger partial charge in [0.05, 0.1) is 24.9 Å². The lowest BCUT2D eigenvalue weighted by atomic mass is 10.1. The molecule has 0 radical (unpaired) electrons. The van der Waals surface area contributed by atoms with E-state index in [0.717, 1.165) is 49.0 Å². The smallest absolute Gasteiger partial charge is 0.234 e. The number of methoxy groups -OCH3 is 1. The van der Waals surface area contributed by atoms with Gasteiger partial charge in [-0.1, -0.05) is 0 Å². The summed E-state index contributed by atoms with van der Waals surface area (Å²) in [5.41, 5.74) is 2.13. The van der Waals surface area contributed by atoms with E-state index in [9.17, 15) is 4.79 Å². The summed E-state index contributed by atoms with van der Waals surface area (Å²) in [6, 6.07) is 0.232. The molecule has 22 heavy (non-hydrogen) atoms. The van der Waals surface area contributed by atoms with E-state index in [4.69, 9.17) is 4.74 Å². The third-order valence-corrected chi connectivity index (χ3v) is 4.74. The van der Waals surface area contributed by atoms with Gasteiger partial charge in [0.2, 0.25) is 11.8 Å². The highest BCUT2D eigenvalue weighted by atomic mass is 16.5. The topological polar surface area (TPSA) is 59.4 Å². The van der Waals surface area contributed by atoms with Crippen LogP contribution in [0.1, 0.15) is 43.0 Å². The minimum atomic E-state index is 0.138. The van der Waals surface area contributed by atoms with Crippen LogP contribution in [0.25, 0.3) is 0 Å². The second kappa shape index (κ2) is 6.28. The molecule has 1 saturated carbocycles. The van der Waals surface area contributed by atoms with Crippen molar-refractivity contribution in [3.8, 4) is 5.88 Å². The number of aromatic nitrogens is 2. The number of hydrogen-bond acceptors (Lipinski definition) is 4. The zero-order valence-corrected chi connectivity index (χ0v) is 13.8. The monoisotopic (exact) mass is 306 g/mol. The normalized spacial score (nSPS) is 22.0. The highest BCUT2D eigenvalue weighted by Crippen LogP contribution is 2.38. The SMILES string of the molecule is COc1c([C@@H]2CCCN2CC(=O)NCC2CC2)c(C)nn1C. The van der Waals surface area contributed by atoms with Crippen LogP contribution in [0, 0.1) is 12.8 Å². The Labute approximate surface area is 131 Å². The maximum atomic E-state index is 12.1.